The third kappa shape index (κ3) is 7.74. The normalized spacial score (nSPS) is 13.9. The van der Waals surface area contributed by atoms with Crippen molar-refractivity contribution >= 4 is 40.3 Å². The van der Waals surface area contributed by atoms with Gasteiger partial charge in [0, 0.05) is 24.8 Å². The first-order valence-corrected chi connectivity index (χ1v) is 16.1. The van der Waals surface area contributed by atoms with E-state index in [0.29, 0.717) is 34.1 Å². The number of halogens is 1. The first-order valence-electron chi connectivity index (χ1n) is 16.1. The highest BCUT2D eigenvalue weighted by atomic mass is 19.1. The number of carbonyl (C=O) groups excluding carboxylic acids is 3. The molecule has 1 saturated heterocycles. The van der Waals surface area contributed by atoms with Gasteiger partial charge >= 0.3 is 12.1 Å². The summed E-state index contributed by atoms with van der Waals surface area (Å²) in [5.74, 6) is 0.687. The summed E-state index contributed by atoms with van der Waals surface area (Å²) in [6.07, 6.45) is -0.723. The van der Waals surface area contributed by atoms with E-state index in [9.17, 15) is 23.6 Å². The molecule has 51 heavy (non-hydrogen) atoms. The number of ether oxygens (including phenoxy) is 4. The zero-order valence-electron chi connectivity index (χ0n) is 29.1. The van der Waals surface area contributed by atoms with Crippen molar-refractivity contribution in [3.63, 3.8) is 0 Å². The molecule has 15 nitrogen and oxygen atoms in total. The Morgan fingerprint density at radius 2 is 1.51 bits per heavy atom. The topological polar surface area (TPSA) is 157 Å². The average molecular weight is 706 g/mol. The van der Waals surface area contributed by atoms with E-state index < -0.39 is 35.6 Å². The summed E-state index contributed by atoms with van der Waals surface area (Å²) >= 11 is 0. The fraction of sp³-hybridized carbons (Fsp3) is 0.343. The van der Waals surface area contributed by atoms with Gasteiger partial charge in [-0.05, 0) is 68.4 Å². The molecule has 4 amide bonds. The minimum absolute atomic E-state index is 0.213. The van der Waals surface area contributed by atoms with Crippen LogP contribution in [0, 0.1) is 5.82 Å². The van der Waals surface area contributed by atoms with E-state index in [-0.39, 0.29) is 43.3 Å². The molecule has 0 aliphatic carbocycles. The highest BCUT2D eigenvalue weighted by molar-refractivity contribution is 6.03. The largest absolute Gasteiger partial charge is 0.497 e. The van der Waals surface area contributed by atoms with Gasteiger partial charge in [0.15, 0.2) is 5.82 Å². The molecule has 1 unspecified atom stereocenters. The van der Waals surface area contributed by atoms with E-state index >= 15 is 0 Å². The number of piperazine rings is 1. The number of aromatic nitrogens is 2. The number of benzene rings is 3. The quantitative estimate of drug-likeness (QED) is 0.248. The predicted molar refractivity (Wildman–Crippen MR) is 188 cm³/mol. The Morgan fingerprint density at radius 3 is 2.14 bits per heavy atom. The molecule has 0 spiro atoms. The average Bonchev–Trinajstić information content (AvgIpc) is 3.15. The van der Waals surface area contributed by atoms with Crippen LogP contribution >= 0.6 is 0 Å². The Kier molecular flexibility index (Phi) is 11.1. The summed E-state index contributed by atoms with van der Waals surface area (Å²) < 4.78 is 36.2. The number of alkyl carbamates (subject to hydrolysis) is 1. The van der Waals surface area contributed by atoms with Gasteiger partial charge in [0.1, 0.15) is 29.1 Å². The van der Waals surface area contributed by atoms with Crippen molar-refractivity contribution in [2.75, 3.05) is 69.8 Å². The van der Waals surface area contributed by atoms with Crippen molar-refractivity contribution in [2.24, 2.45) is 0 Å². The van der Waals surface area contributed by atoms with Crippen molar-refractivity contribution in [3.05, 3.63) is 82.7 Å². The van der Waals surface area contributed by atoms with Gasteiger partial charge in [0.2, 0.25) is 5.91 Å². The highest BCUT2D eigenvalue weighted by Crippen LogP contribution is 2.37. The molecule has 2 atom stereocenters. The van der Waals surface area contributed by atoms with E-state index in [1.165, 1.54) is 62.3 Å². The number of methoxy groups -OCH3 is 4. The Balaban J connectivity index is 1.60. The van der Waals surface area contributed by atoms with Gasteiger partial charge in [-0.15, -0.1) is 0 Å². The van der Waals surface area contributed by atoms with Crippen molar-refractivity contribution in [2.45, 2.75) is 25.9 Å². The van der Waals surface area contributed by atoms with E-state index in [2.05, 4.69) is 15.4 Å². The number of amides is 4. The number of fused-ring (bicyclic) bond motifs is 1. The third-order valence-corrected chi connectivity index (χ3v) is 8.54. The van der Waals surface area contributed by atoms with Crippen LogP contribution in [0.15, 0.2) is 65.5 Å². The van der Waals surface area contributed by atoms with Crippen LogP contribution in [0.25, 0.3) is 10.9 Å². The van der Waals surface area contributed by atoms with E-state index in [4.69, 9.17) is 19.2 Å². The fourth-order valence-electron chi connectivity index (χ4n) is 5.84. The maximum Gasteiger partial charge on any atom is 0.407 e. The fourth-order valence-corrected chi connectivity index (χ4v) is 5.84. The SMILES string of the molecule is COC(=O)N[C@@H](C)C(=O)N1CCN(n2c(C(C)N(C(=O)Nc3ccc(F)cc3)c3ccc(OC)cc3OC)nc3ccc(OC)cc3c2=O)CC1. The van der Waals surface area contributed by atoms with E-state index in [0.717, 1.165) is 0 Å². The number of nitrogens with one attached hydrogen (secondary N) is 2. The van der Waals surface area contributed by atoms with Gasteiger partial charge in [0.25, 0.3) is 5.56 Å². The minimum atomic E-state index is -0.920. The summed E-state index contributed by atoms with van der Waals surface area (Å²) in [6, 6.07) is 12.9. The maximum absolute atomic E-state index is 14.4. The molecule has 1 aliphatic rings. The molecule has 2 N–H and O–H groups in total. The van der Waals surface area contributed by atoms with Crippen molar-refractivity contribution in [3.8, 4) is 17.2 Å². The summed E-state index contributed by atoms with van der Waals surface area (Å²) in [5.41, 5.74) is 0.625. The lowest BCUT2D eigenvalue weighted by atomic mass is 10.1. The van der Waals surface area contributed by atoms with Crippen LogP contribution in [0.4, 0.5) is 25.4 Å². The van der Waals surface area contributed by atoms with Crippen LogP contribution in [-0.4, -0.2) is 93.3 Å². The Hall–Kier alpha value is -6.06. The number of carbonyl (C=O) groups is 3. The van der Waals surface area contributed by atoms with Crippen LogP contribution in [0.2, 0.25) is 0 Å². The number of anilines is 2. The molecule has 16 heteroatoms. The van der Waals surface area contributed by atoms with Crippen LogP contribution in [0.1, 0.15) is 25.7 Å². The molecule has 1 aliphatic heterocycles. The molecule has 2 heterocycles. The summed E-state index contributed by atoms with van der Waals surface area (Å²) in [5, 5.41) is 7.35. The number of urea groups is 1. The lowest BCUT2D eigenvalue weighted by molar-refractivity contribution is -0.133. The Labute approximate surface area is 293 Å². The molecule has 1 fully saturated rings. The minimum Gasteiger partial charge on any atom is -0.497 e. The van der Waals surface area contributed by atoms with E-state index in [1.54, 1.807) is 60.2 Å². The molecule has 5 rings (SSSR count). The van der Waals surface area contributed by atoms with Gasteiger partial charge in [-0.25, -0.2) is 23.6 Å². The third-order valence-electron chi connectivity index (χ3n) is 8.54. The zero-order chi connectivity index (χ0) is 36.8. The monoisotopic (exact) mass is 705 g/mol. The summed E-state index contributed by atoms with van der Waals surface area (Å²) in [7, 11) is 5.67. The van der Waals surface area contributed by atoms with Gasteiger partial charge in [-0.1, -0.05) is 0 Å². The first kappa shape index (κ1) is 36.2. The smallest absolute Gasteiger partial charge is 0.407 e. The van der Waals surface area contributed by atoms with Crippen molar-refractivity contribution in [1.82, 2.24) is 19.9 Å². The van der Waals surface area contributed by atoms with Gasteiger partial charge in [0.05, 0.1) is 64.2 Å². The van der Waals surface area contributed by atoms with Crippen molar-refractivity contribution < 1.29 is 37.7 Å². The van der Waals surface area contributed by atoms with Crippen molar-refractivity contribution in [1.29, 1.82) is 0 Å². The number of hydrogen-bond donors (Lipinski definition) is 2. The highest BCUT2D eigenvalue weighted by Gasteiger charge is 2.33. The van der Waals surface area contributed by atoms with Gasteiger partial charge < -0.3 is 39.5 Å². The number of hydrogen-bond acceptors (Lipinski definition) is 10. The second-order valence-electron chi connectivity index (χ2n) is 11.6. The van der Waals surface area contributed by atoms with Crippen LogP contribution in [0.5, 0.6) is 17.2 Å². The molecule has 0 bridgehead atoms. The lowest BCUT2D eigenvalue weighted by Crippen LogP contribution is -2.59. The van der Waals surface area contributed by atoms with Crippen LogP contribution < -0.4 is 40.3 Å². The summed E-state index contributed by atoms with van der Waals surface area (Å²) in [4.78, 5) is 61.4. The Morgan fingerprint density at radius 1 is 0.863 bits per heavy atom. The number of nitrogens with zero attached hydrogens (tertiary/aromatic N) is 5. The molecule has 1 aromatic heterocycles. The maximum atomic E-state index is 14.4. The lowest BCUT2D eigenvalue weighted by Gasteiger charge is -2.39. The molecular formula is C35H40FN7O8. The molecular weight excluding hydrogens is 665 g/mol. The standard InChI is InChI=1S/C35H40FN7O8/c1-21(37-35(47)51-6)32(44)40-15-17-41(18-16-40)43-31(39-28-13-11-25(48-3)19-27(28)33(43)45)22(2)42(29-14-12-26(49-4)20-30(29)50-5)34(46)38-24-9-7-23(36)8-10-24/h7-14,19-22H,15-18H2,1-6H3,(H,37,47)(H,38,46)/t21-,22?/m0/s1. The molecule has 270 valence electrons. The van der Waals surface area contributed by atoms with Gasteiger partial charge in [-0.3, -0.25) is 14.5 Å². The second-order valence-corrected chi connectivity index (χ2v) is 11.6. The molecule has 0 saturated carbocycles. The number of rotatable bonds is 10. The molecule has 0 radical (unpaired) electrons. The predicted octanol–water partition coefficient (Wildman–Crippen LogP) is 3.89. The van der Waals surface area contributed by atoms with Crippen LogP contribution in [-0.2, 0) is 9.53 Å². The molecule has 4 aromatic rings. The summed E-state index contributed by atoms with van der Waals surface area (Å²) in [6.45, 7) is 4.19. The zero-order valence-corrected chi connectivity index (χ0v) is 29.1. The van der Waals surface area contributed by atoms with Gasteiger partial charge in [-0.2, -0.15) is 0 Å². The Bertz CT molecular complexity index is 1960. The van der Waals surface area contributed by atoms with Crippen LogP contribution in [0.3, 0.4) is 0 Å². The molecule has 3 aromatic carbocycles. The van der Waals surface area contributed by atoms with E-state index in [1.807, 2.05) is 0 Å². The second kappa shape index (κ2) is 15.7. The first-order chi connectivity index (χ1) is 24.5.